The van der Waals surface area contributed by atoms with Gasteiger partial charge < -0.3 is 44.6 Å². The smallest absolute Gasteiger partial charge is 0.170 e. The fourth-order valence-corrected chi connectivity index (χ4v) is 5.73. The largest absolute Gasteiger partial charge is 1.00 e. The van der Waals surface area contributed by atoms with E-state index in [-0.39, 0.29) is 34.0 Å². The van der Waals surface area contributed by atoms with Gasteiger partial charge in [0.1, 0.15) is 13.1 Å². The van der Waals surface area contributed by atoms with Crippen molar-refractivity contribution in [3.8, 4) is 0 Å². The first kappa shape index (κ1) is 42.9. The molecule has 4 nitrogen and oxygen atoms in total. The number of nitrogens with one attached hydrogen (secondary N) is 2. The number of nitrogens with zero attached hydrogens (tertiary/aromatic N) is 2. The van der Waals surface area contributed by atoms with E-state index in [1.165, 1.54) is 153 Å². The van der Waals surface area contributed by atoms with Crippen LogP contribution in [0.3, 0.4) is 0 Å². The summed E-state index contributed by atoms with van der Waals surface area (Å²) in [5.74, 6) is 0. The molecule has 0 fully saturated rings. The van der Waals surface area contributed by atoms with Crippen LogP contribution in [-0.2, 0) is 13.1 Å². The lowest BCUT2D eigenvalue weighted by molar-refractivity contribution is -0.697. The Hall–Kier alpha value is -1.14. The quantitative estimate of drug-likeness (QED) is 0.0958. The van der Waals surface area contributed by atoms with E-state index in [0.717, 1.165) is 26.2 Å². The monoisotopic (exact) mass is 738 g/mol. The summed E-state index contributed by atoms with van der Waals surface area (Å²) in [4.78, 5) is 0. The molecule has 2 aromatic rings. The second kappa shape index (κ2) is 31.8. The first-order valence-corrected chi connectivity index (χ1v) is 18.3. The zero-order valence-corrected chi connectivity index (χ0v) is 31.8. The summed E-state index contributed by atoms with van der Waals surface area (Å²) in [5, 5.41) is 7.13. The van der Waals surface area contributed by atoms with Crippen molar-refractivity contribution in [2.24, 2.45) is 0 Å². The standard InChI is InChI=1S/C38H66N4.2BrH/c1-3-5-7-17-21-29-39-37-25-33-41(34-26-37)31-23-19-15-13-11-9-10-12-14-16-20-24-32-42-35-27-38(28-36-42)40-30-22-18-8-6-4-2;;/h25-28,33-36H,3-24,29-32H2,1-2H3;2*1H. The van der Waals surface area contributed by atoms with Crippen LogP contribution in [0.25, 0.3) is 0 Å². The van der Waals surface area contributed by atoms with E-state index < -0.39 is 0 Å². The fraction of sp³-hybridized carbons (Fsp3) is 0.737. The molecule has 0 saturated carbocycles. The van der Waals surface area contributed by atoms with Gasteiger partial charge in [0.25, 0.3) is 0 Å². The number of aryl methyl sites for hydroxylation is 2. The minimum Gasteiger partial charge on any atom is -1.00 e. The van der Waals surface area contributed by atoms with Crippen LogP contribution >= 0.6 is 0 Å². The minimum atomic E-state index is 0. The molecule has 0 aliphatic heterocycles. The van der Waals surface area contributed by atoms with E-state index in [1.807, 2.05) is 0 Å². The lowest BCUT2D eigenvalue weighted by Crippen LogP contribution is -3.00. The summed E-state index contributed by atoms with van der Waals surface area (Å²) in [6.45, 7) is 9.05. The van der Waals surface area contributed by atoms with Gasteiger partial charge in [-0.3, -0.25) is 0 Å². The van der Waals surface area contributed by atoms with Crippen LogP contribution in [0.15, 0.2) is 49.1 Å². The average molecular weight is 741 g/mol. The molecule has 0 atom stereocenters. The van der Waals surface area contributed by atoms with Gasteiger partial charge >= 0.3 is 0 Å². The van der Waals surface area contributed by atoms with Gasteiger partial charge in [-0.15, -0.1) is 0 Å². The van der Waals surface area contributed by atoms with Gasteiger partial charge in [0.05, 0.1) is 0 Å². The molecule has 44 heavy (non-hydrogen) atoms. The lowest BCUT2D eigenvalue weighted by atomic mass is 10.1. The Balaban J connectivity index is 0.00000924. The minimum absolute atomic E-state index is 0. The molecule has 0 radical (unpaired) electrons. The van der Waals surface area contributed by atoms with Crippen LogP contribution in [0, 0.1) is 0 Å². The predicted octanol–water partition coefficient (Wildman–Crippen LogP) is 4.42. The topological polar surface area (TPSA) is 31.8 Å². The third kappa shape index (κ3) is 24.1. The molecule has 2 rings (SSSR count). The van der Waals surface area contributed by atoms with Crippen molar-refractivity contribution in [2.75, 3.05) is 23.7 Å². The van der Waals surface area contributed by atoms with Crippen molar-refractivity contribution in [3.63, 3.8) is 0 Å². The van der Waals surface area contributed by atoms with Gasteiger partial charge in [0, 0.05) is 61.6 Å². The van der Waals surface area contributed by atoms with Crippen molar-refractivity contribution in [1.29, 1.82) is 0 Å². The normalized spacial score (nSPS) is 10.7. The van der Waals surface area contributed by atoms with Gasteiger partial charge in [-0.25, -0.2) is 9.13 Å². The molecule has 0 bridgehead atoms. The summed E-state index contributed by atoms with van der Waals surface area (Å²) in [7, 11) is 0. The van der Waals surface area contributed by atoms with Gasteiger partial charge in [0.15, 0.2) is 24.8 Å². The first-order chi connectivity index (χ1) is 20.8. The summed E-state index contributed by atoms with van der Waals surface area (Å²) in [6.07, 6.45) is 39.0. The summed E-state index contributed by atoms with van der Waals surface area (Å²) >= 11 is 0. The van der Waals surface area contributed by atoms with Crippen LogP contribution in [0.1, 0.15) is 155 Å². The van der Waals surface area contributed by atoms with E-state index in [1.54, 1.807) is 0 Å². The third-order valence-electron chi connectivity index (χ3n) is 8.58. The van der Waals surface area contributed by atoms with Crippen LogP contribution in [-0.4, -0.2) is 13.1 Å². The van der Waals surface area contributed by atoms with E-state index in [4.69, 9.17) is 0 Å². The number of anilines is 2. The summed E-state index contributed by atoms with van der Waals surface area (Å²) in [5.41, 5.74) is 2.52. The van der Waals surface area contributed by atoms with Crippen molar-refractivity contribution in [2.45, 2.75) is 168 Å². The molecule has 0 saturated heterocycles. The second-order valence-electron chi connectivity index (χ2n) is 12.6. The van der Waals surface area contributed by atoms with Crippen LogP contribution < -0.4 is 53.7 Å². The fourth-order valence-electron chi connectivity index (χ4n) is 5.73. The molecule has 254 valence electrons. The Morgan fingerprint density at radius 1 is 0.386 bits per heavy atom. The molecule has 0 spiro atoms. The molecule has 2 N–H and O–H groups in total. The molecule has 2 aromatic heterocycles. The van der Waals surface area contributed by atoms with E-state index in [0.29, 0.717) is 0 Å². The van der Waals surface area contributed by atoms with E-state index in [2.05, 4.69) is 82.7 Å². The van der Waals surface area contributed by atoms with Gasteiger partial charge in [-0.2, -0.15) is 0 Å². The van der Waals surface area contributed by atoms with Gasteiger partial charge in [-0.05, 0) is 25.7 Å². The molecule has 0 aromatic carbocycles. The maximum absolute atomic E-state index is 3.57. The number of halogens is 2. The summed E-state index contributed by atoms with van der Waals surface area (Å²) < 4.78 is 4.69. The number of unbranched alkanes of at least 4 members (excludes halogenated alkanes) is 19. The zero-order valence-electron chi connectivity index (χ0n) is 28.7. The summed E-state index contributed by atoms with van der Waals surface area (Å²) in [6, 6.07) is 8.94. The number of hydrogen-bond donors (Lipinski definition) is 2. The van der Waals surface area contributed by atoms with Crippen molar-refractivity contribution in [1.82, 2.24) is 0 Å². The van der Waals surface area contributed by atoms with Gasteiger partial charge in [0.2, 0.25) is 0 Å². The Morgan fingerprint density at radius 2 is 0.659 bits per heavy atom. The Labute approximate surface area is 294 Å². The maximum Gasteiger partial charge on any atom is 0.170 e. The number of rotatable bonds is 29. The molecule has 2 heterocycles. The average Bonchev–Trinajstić information content (AvgIpc) is 3.02. The van der Waals surface area contributed by atoms with Crippen LogP contribution in [0.5, 0.6) is 0 Å². The number of pyridine rings is 2. The SMILES string of the molecule is CCCCCCCNc1cc[n+](CCCCCCCCCCCCCC[n+]2ccc(NCCCCCCC)cc2)cc1.[Br-].[Br-]. The molecule has 0 aliphatic carbocycles. The number of aromatic nitrogens is 2. The predicted molar refractivity (Wildman–Crippen MR) is 183 cm³/mol. The Kier molecular flexibility index (Phi) is 31.0. The highest BCUT2D eigenvalue weighted by Crippen LogP contribution is 2.13. The Bertz CT molecular complexity index is 773. The highest BCUT2D eigenvalue weighted by Gasteiger charge is 2.03. The first-order valence-electron chi connectivity index (χ1n) is 18.3. The molecule has 0 amide bonds. The van der Waals surface area contributed by atoms with E-state index >= 15 is 0 Å². The van der Waals surface area contributed by atoms with Crippen LogP contribution in [0.2, 0.25) is 0 Å². The molecule has 6 heteroatoms. The molecule has 0 unspecified atom stereocenters. The van der Waals surface area contributed by atoms with Crippen LogP contribution in [0.4, 0.5) is 11.4 Å². The molecule has 0 aliphatic rings. The van der Waals surface area contributed by atoms with Crippen molar-refractivity contribution in [3.05, 3.63) is 49.1 Å². The van der Waals surface area contributed by atoms with Crippen molar-refractivity contribution >= 4 is 11.4 Å². The molecular formula is C38H68Br2N4. The third-order valence-corrected chi connectivity index (χ3v) is 8.58. The zero-order chi connectivity index (χ0) is 29.8. The maximum atomic E-state index is 3.57. The lowest BCUT2D eigenvalue weighted by Gasteiger charge is -2.06. The van der Waals surface area contributed by atoms with Gasteiger partial charge in [-0.1, -0.05) is 117 Å². The highest BCUT2D eigenvalue weighted by molar-refractivity contribution is 5.40. The highest BCUT2D eigenvalue weighted by atomic mass is 79.9. The molecular weight excluding hydrogens is 672 g/mol. The second-order valence-corrected chi connectivity index (χ2v) is 12.6. The number of hydrogen-bond acceptors (Lipinski definition) is 2. The Morgan fingerprint density at radius 3 is 0.977 bits per heavy atom. The van der Waals surface area contributed by atoms with E-state index in [9.17, 15) is 0 Å². The van der Waals surface area contributed by atoms with Crippen molar-refractivity contribution < 1.29 is 43.1 Å².